The first-order valence-corrected chi connectivity index (χ1v) is 7.98. The maximum atomic E-state index is 12.4. The SMILES string of the molecule is O=C(/C=C(\[O][Sn][O]/C(=C/C(=O)C(F)(F)F)C(F)(F)F)C(F)(F)F)C(F)(F)F. The van der Waals surface area contributed by atoms with Gasteiger partial charge < -0.3 is 0 Å². The predicted molar refractivity (Wildman–Crippen MR) is 58.3 cm³/mol. The number of allylic oxidation sites excluding steroid dienone is 4. The van der Waals surface area contributed by atoms with Gasteiger partial charge in [-0.05, 0) is 0 Å². The second kappa shape index (κ2) is 8.59. The topological polar surface area (TPSA) is 52.6 Å². The molecule has 0 saturated carbocycles. The molecule has 2 radical (unpaired) electrons. The Morgan fingerprint density at radius 2 is 0.815 bits per heavy atom. The van der Waals surface area contributed by atoms with Crippen molar-refractivity contribution >= 4 is 33.5 Å². The Labute approximate surface area is 151 Å². The summed E-state index contributed by atoms with van der Waals surface area (Å²) >= 11 is -3.95. The van der Waals surface area contributed by atoms with Crippen LogP contribution >= 0.6 is 0 Å². The van der Waals surface area contributed by atoms with Crippen molar-refractivity contribution in [3.8, 4) is 0 Å². The van der Waals surface area contributed by atoms with Crippen LogP contribution in [0.1, 0.15) is 0 Å². The predicted octanol–water partition coefficient (Wildman–Crippen LogP) is 3.71. The van der Waals surface area contributed by atoms with E-state index in [1.54, 1.807) is 0 Å². The van der Waals surface area contributed by atoms with Gasteiger partial charge in [0.15, 0.2) is 0 Å². The van der Waals surface area contributed by atoms with Crippen LogP contribution in [0.2, 0.25) is 0 Å². The number of halogens is 12. The van der Waals surface area contributed by atoms with Gasteiger partial charge in [0, 0.05) is 0 Å². The van der Waals surface area contributed by atoms with Gasteiger partial charge >= 0.3 is 150 Å². The fraction of sp³-hybridized carbons (Fsp3) is 0.400. The molecule has 0 rings (SSSR count). The van der Waals surface area contributed by atoms with E-state index in [-0.39, 0.29) is 0 Å². The van der Waals surface area contributed by atoms with Gasteiger partial charge in [-0.3, -0.25) is 0 Å². The van der Waals surface area contributed by atoms with Crippen LogP contribution in [0.5, 0.6) is 0 Å². The van der Waals surface area contributed by atoms with Crippen LogP contribution in [-0.2, 0) is 15.7 Å². The third-order valence-corrected chi connectivity index (χ3v) is 3.68. The number of ketones is 2. The number of hydrogen-bond acceptors (Lipinski definition) is 4. The monoisotopic (exact) mass is 534 g/mol. The van der Waals surface area contributed by atoms with Gasteiger partial charge in [0.2, 0.25) is 0 Å². The summed E-state index contributed by atoms with van der Waals surface area (Å²) in [5, 5.41) is 0. The van der Waals surface area contributed by atoms with E-state index in [1.165, 1.54) is 0 Å². The molecular weight excluding hydrogens is 531 g/mol. The molecule has 0 N–H and O–H groups in total. The van der Waals surface area contributed by atoms with Gasteiger partial charge in [0.25, 0.3) is 0 Å². The summed E-state index contributed by atoms with van der Waals surface area (Å²) in [6.45, 7) is 0. The minimum absolute atomic E-state index is 1.11. The van der Waals surface area contributed by atoms with E-state index in [2.05, 4.69) is 6.15 Å². The van der Waals surface area contributed by atoms with Crippen molar-refractivity contribution in [3.63, 3.8) is 0 Å². The Kier molecular flexibility index (Phi) is 8.08. The molecular formula is C10H2F12O4Sn. The molecule has 0 aliphatic heterocycles. The molecule has 154 valence electrons. The van der Waals surface area contributed by atoms with E-state index < -0.39 is 81.9 Å². The fourth-order valence-corrected chi connectivity index (χ4v) is 2.48. The van der Waals surface area contributed by atoms with Gasteiger partial charge in [-0.2, -0.15) is 0 Å². The van der Waals surface area contributed by atoms with Crippen molar-refractivity contribution in [2.45, 2.75) is 24.7 Å². The number of carbonyl (C=O) groups is 2. The van der Waals surface area contributed by atoms with Crippen molar-refractivity contribution in [2.24, 2.45) is 0 Å². The quantitative estimate of drug-likeness (QED) is 0.227. The zero-order valence-electron chi connectivity index (χ0n) is 11.8. The van der Waals surface area contributed by atoms with Crippen LogP contribution in [0.3, 0.4) is 0 Å². The number of carbonyl (C=O) groups excluding carboxylic acids is 2. The summed E-state index contributed by atoms with van der Waals surface area (Å²) in [6.07, 6.45) is -25.3. The standard InChI is InChI=1S/2C5H2F6O2.Sn/c2*6-4(7,8)2(12)1-3(13)5(9,10)11;/h2*1,12H;/q;;+2/p-2/b2-1+;2-1-;. The van der Waals surface area contributed by atoms with Crippen LogP contribution in [-0.4, -0.2) is 58.2 Å². The van der Waals surface area contributed by atoms with Gasteiger partial charge in [0.1, 0.15) is 0 Å². The molecule has 0 aromatic carbocycles. The van der Waals surface area contributed by atoms with Crippen LogP contribution in [0, 0.1) is 0 Å². The number of alkyl halides is 12. The van der Waals surface area contributed by atoms with Crippen molar-refractivity contribution in [2.75, 3.05) is 0 Å². The van der Waals surface area contributed by atoms with Gasteiger partial charge in [-0.1, -0.05) is 0 Å². The van der Waals surface area contributed by atoms with E-state index >= 15 is 0 Å². The van der Waals surface area contributed by atoms with E-state index in [9.17, 15) is 62.3 Å². The van der Waals surface area contributed by atoms with Crippen LogP contribution in [0.4, 0.5) is 52.7 Å². The molecule has 0 aromatic heterocycles. The molecule has 0 aromatic rings. The molecule has 0 saturated heterocycles. The first-order valence-electron chi connectivity index (χ1n) is 5.65. The summed E-state index contributed by atoms with van der Waals surface area (Å²) < 4.78 is 153. The summed E-state index contributed by atoms with van der Waals surface area (Å²) in [7, 11) is 0. The molecule has 27 heavy (non-hydrogen) atoms. The maximum absolute atomic E-state index is 12.4. The molecule has 0 atom stereocenters. The van der Waals surface area contributed by atoms with Gasteiger partial charge in [-0.25, -0.2) is 0 Å². The Morgan fingerprint density at radius 1 is 0.556 bits per heavy atom. The van der Waals surface area contributed by atoms with Crippen molar-refractivity contribution in [1.82, 2.24) is 0 Å². The fourth-order valence-electron chi connectivity index (χ4n) is 0.851. The average molecular weight is 533 g/mol. The average Bonchev–Trinajstić information content (AvgIpc) is 2.40. The van der Waals surface area contributed by atoms with Crippen LogP contribution in [0.25, 0.3) is 0 Å². The third kappa shape index (κ3) is 9.23. The van der Waals surface area contributed by atoms with Crippen molar-refractivity contribution in [1.29, 1.82) is 0 Å². The zero-order chi connectivity index (χ0) is 21.8. The Hall–Kier alpha value is -1.62. The summed E-state index contributed by atoms with van der Waals surface area (Å²) in [5.41, 5.74) is 0. The van der Waals surface area contributed by atoms with Crippen LogP contribution in [0.15, 0.2) is 23.7 Å². The second-order valence-electron chi connectivity index (χ2n) is 4.02. The minimum atomic E-state index is -5.76. The van der Waals surface area contributed by atoms with Crippen LogP contribution < -0.4 is 0 Å². The van der Waals surface area contributed by atoms with Crippen molar-refractivity contribution < 1.29 is 68.4 Å². The number of hydrogen-bond donors (Lipinski definition) is 0. The normalized spacial score (nSPS) is 14.8. The van der Waals surface area contributed by atoms with Gasteiger partial charge in [-0.15, -0.1) is 0 Å². The Balaban J connectivity index is 5.43. The van der Waals surface area contributed by atoms with E-state index in [4.69, 9.17) is 0 Å². The molecule has 0 heterocycles. The molecule has 0 fully saturated rings. The van der Waals surface area contributed by atoms with E-state index in [0.29, 0.717) is 0 Å². The summed E-state index contributed by atoms with van der Waals surface area (Å²) in [5.74, 6) is -11.5. The molecule has 0 unspecified atom stereocenters. The molecule has 0 amide bonds. The van der Waals surface area contributed by atoms with Gasteiger partial charge in [0.05, 0.1) is 0 Å². The van der Waals surface area contributed by atoms with E-state index in [1.807, 2.05) is 0 Å². The molecule has 0 aliphatic carbocycles. The van der Waals surface area contributed by atoms with Crippen molar-refractivity contribution in [3.05, 3.63) is 23.7 Å². The summed E-state index contributed by atoms with van der Waals surface area (Å²) in [6, 6.07) is 0. The molecule has 0 aliphatic rings. The zero-order valence-corrected chi connectivity index (χ0v) is 14.7. The molecule has 0 bridgehead atoms. The first kappa shape index (κ1) is 25.4. The Bertz CT molecular complexity index is 568. The molecule has 17 heteroatoms. The third-order valence-electron chi connectivity index (χ3n) is 1.95. The van der Waals surface area contributed by atoms with E-state index in [0.717, 1.165) is 0 Å². The summed E-state index contributed by atoms with van der Waals surface area (Å²) in [4.78, 5) is 20.9. The number of rotatable bonds is 6. The Morgan fingerprint density at radius 3 is 1.00 bits per heavy atom. The first-order chi connectivity index (χ1) is 11.8. The second-order valence-corrected chi connectivity index (χ2v) is 5.67. The molecule has 4 nitrogen and oxygen atoms in total. The molecule has 0 spiro atoms.